The lowest BCUT2D eigenvalue weighted by Gasteiger charge is -2.45. The summed E-state index contributed by atoms with van der Waals surface area (Å²) in [6, 6.07) is -0.0330. The minimum atomic E-state index is -0.816. The third kappa shape index (κ3) is 4.61. The quantitative estimate of drug-likeness (QED) is 0.819. The minimum Gasteiger partial charge on any atom is -0.481 e. The molecule has 0 radical (unpaired) electrons. The van der Waals surface area contributed by atoms with Crippen LogP contribution < -0.4 is 0 Å². The molecular formula is C16H30N2O3. The van der Waals surface area contributed by atoms with E-state index in [1.165, 1.54) is 0 Å². The van der Waals surface area contributed by atoms with Gasteiger partial charge < -0.3 is 14.9 Å². The van der Waals surface area contributed by atoms with Gasteiger partial charge in [-0.25, -0.2) is 4.79 Å². The molecule has 0 aromatic heterocycles. The number of rotatable bonds is 6. The summed E-state index contributed by atoms with van der Waals surface area (Å²) in [7, 11) is 1.78. The second kappa shape index (κ2) is 7.66. The molecule has 0 aromatic rings. The fourth-order valence-electron chi connectivity index (χ4n) is 3.32. The molecule has 0 aliphatic heterocycles. The number of amides is 2. The van der Waals surface area contributed by atoms with Crippen LogP contribution in [0, 0.1) is 5.92 Å². The fraction of sp³-hybridized carbons (Fsp3) is 0.875. The average molecular weight is 298 g/mol. The highest BCUT2D eigenvalue weighted by atomic mass is 16.4. The number of carbonyl (C=O) groups excluding carboxylic acids is 1. The molecule has 1 saturated carbocycles. The Hall–Kier alpha value is -1.26. The molecule has 2 amide bonds. The SMILES string of the molecule is CCN(CC(C)C)C(=O)N(C)C1(CC(=O)O)CCCCC1. The Labute approximate surface area is 128 Å². The fourth-order valence-corrected chi connectivity index (χ4v) is 3.32. The van der Waals surface area contributed by atoms with Crippen molar-refractivity contribution in [3.05, 3.63) is 0 Å². The summed E-state index contributed by atoms with van der Waals surface area (Å²) >= 11 is 0. The second-order valence-corrected chi connectivity index (χ2v) is 6.63. The highest BCUT2D eigenvalue weighted by molar-refractivity contribution is 5.77. The predicted molar refractivity (Wildman–Crippen MR) is 83.3 cm³/mol. The monoisotopic (exact) mass is 298 g/mol. The summed E-state index contributed by atoms with van der Waals surface area (Å²) in [6.45, 7) is 7.51. The zero-order valence-electron chi connectivity index (χ0n) is 13.9. The van der Waals surface area contributed by atoms with Crippen LogP contribution in [0.15, 0.2) is 0 Å². The topological polar surface area (TPSA) is 60.9 Å². The molecule has 0 atom stereocenters. The summed E-state index contributed by atoms with van der Waals surface area (Å²) in [5.74, 6) is -0.410. The van der Waals surface area contributed by atoms with Crippen LogP contribution in [0.3, 0.4) is 0 Å². The van der Waals surface area contributed by atoms with E-state index in [2.05, 4.69) is 13.8 Å². The zero-order valence-corrected chi connectivity index (χ0v) is 13.9. The van der Waals surface area contributed by atoms with Gasteiger partial charge in [0.05, 0.1) is 12.0 Å². The average Bonchev–Trinajstić information content (AvgIpc) is 2.43. The largest absolute Gasteiger partial charge is 0.481 e. The Morgan fingerprint density at radius 1 is 1.19 bits per heavy atom. The third-order valence-electron chi connectivity index (χ3n) is 4.50. The number of hydrogen-bond acceptors (Lipinski definition) is 2. The maximum atomic E-state index is 12.8. The highest BCUT2D eigenvalue weighted by Crippen LogP contribution is 2.36. The molecule has 1 fully saturated rings. The molecule has 1 aliphatic carbocycles. The van der Waals surface area contributed by atoms with Crippen molar-refractivity contribution in [2.45, 2.75) is 64.8 Å². The standard InChI is InChI=1S/C16H30N2O3/c1-5-18(12-13(2)3)15(21)17(4)16(11-14(19)20)9-7-6-8-10-16/h13H,5-12H2,1-4H3,(H,19,20). The third-order valence-corrected chi connectivity index (χ3v) is 4.50. The van der Waals surface area contributed by atoms with Crippen molar-refractivity contribution in [1.82, 2.24) is 9.80 Å². The smallest absolute Gasteiger partial charge is 0.320 e. The molecule has 0 spiro atoms. The molecule has 0 unspecified atom stereocenters. The summed E-state index contributed by atoms with van der Waals surface area (Å²) in [5, 5.41) is 9.25. The summed E-state index contributed by atoms with van der Waals surface area (Å²) in [4.78, 5) is 27.6. The summed E-state index contributed by atoms with van der Waals surface area (Å²) in [6.07, 6.45) is 4.77. The molecule has 0 aromatic carbocycles. The van der Waals surface area contributed by atoms with Gasteiger partial charge in [-0.05, 0) is 25.7 Å². The first-order valence-corrected chi connectivity index (χ1v) is 8.07. The molecule has 0 saturated heterocycles. The Kier molecular flexibility index (Phi) is 6.49. The van der Waals surface area contributed by atoms with Gasteiger partial charge in [-0.15, -0.1) is 0 Å². The van der Waals surface area contributed by atoms with E-state index in [1.807, 2.05) is 11.8 Å². The maximum Gasteiger partial charge on any atom is 0.320 e. The van der Waals surface area contributed by atoms with Crippen molar-refractivity contribution in [3.8, 4) is 0 Å². The molecule has 1 rings (SSSR count). The number of hydrogen-bond donors (Lipinski definition) is 1. The first-order chi connectivity index (χ1) is 9.82. The van der Waals surface area contributed by atoms with Gasteiger partial charge in [-0.3, -0.25) is 4.79 Å². The van der Waals surface area contributed by atoms with Gasteiger partial charge in [-0.2, -0.15) is 0 Å². The van der Waals surface area contributed by atoms with Crippen molar-refractivity contribution in [3.63, 3.8) is 0 Å². The Morgan fingerprint density at radius 2 is 1.76 bits per heavy atom. The second-order valence-electron chi connectivity index (χ2n) is 6.63. The normalized spacial score (nSPS) is 17.6. The van der Waals surface area contributed by atoms with Crippen molar-refractivity contribution in [2.24, 2.45) is 5.92 Å². The molecule has 0 heterocycles. The van der Waals surface area contributed by atoms with Gasteiger partial charge in [0.15, 0.2) is 0 Å². The van der Waals surface area contributed by atoms with Gasteiger partial charge in [0, 0.05) is 20.1 Å². The van der Waals surface area contributed by atoms with Crippen LogP contribution in [-0.2, 0) is 4.79 Å². The first-order valence-electron chi connectivity index (χ1n) is 8.07. The van der Waals surface area contributed by atoms with Crippen molar-refractivity contribution in [2.75, 3.05) is 20.1 Å². The Bertz CT molecular complexity index is 363. The predicted octanol–water partition coefficient (Wildman–Crippen LogP) is 3.19. The lowest BCUT2D eigenvalue weighted by atomic mass is 9.78. The van der Waals surface area contributed by atoms with Crippen molar-refractivity contribution >= 4 is 12.0 Å². The van der Waals surface area contributed by atoms with Gasteiger partial charge >= 0.3 is 12.0 Å². The van der Waals surface area contributed by atoms with Crippen LogP contribution in [0.25, 0.3) is 0 Å². The molecular weight excluding hydrogens is 268 g/mol. The van der Waals surface area contributed by atoms with E-state index < -0.39 is 11.5 Å². The van der Waals surface area contributed by atoms with Crippen molar-refractivity contribution in [1.29, 1.82) is 0 Å². The zero-order chi connectivity index (χ0) is 16.0. The molecule has 1 aliphatic rings. The summed E-state index contributed by atoms with van der Waals surface area (Å²) in [5.41, 5.74) is -0.508. The molecule has 1 N–H and O–H groups in total. The van der Waals surface area contributed by atoms with Crippen LogP contribution in [0.5, 0.6) is 0 Å². The minimum absolute atomic E-state index is 0.0330. The number of aliphatic carboxylic acids is 1. The van der Waals surface area contributed by atoms with E-state index in [0.717, 1.165) is 32.1 Å². The van der Waals surface area contributed by atoms with E-state index in [4.69, 9.17) is 0 Å². The van der Waals surface area contributed by atoms with E-state index >= 15 is 0 Å². The van der Waals surface area contributed by atoms with Crippen LogP contribution >= 0.6 is 0 Å². The van der Waals surface area contributed by atoms with Crippen LogP contribution in [0.4, 0.5) is 4.79 Å². The van der Waals surface area contributed by atoms with E-state index in [9.17, 15) is 14.7 Å². The maximum absolute atomic E-state index is 12.8. The van der Waals surface area contributed by atoms with Gasteiger partial charge in [0.2, 0.25) is 0 Å². The van der Waals surface area contributed by atoms with Crippen LogP contribution in [0.1, 0.15) is 59.3 Å². The number of urea groups is 1. The van der Waals surface area contributed by atoms with Crippen molar-refractivity contribution < 1.29 is 14.7 Å². The van der Waals surface area contributed by atoms with Gasteiger partial charge in [0.25, 0.3) is 0 Å². The Morgan fingerprint density at radius 3 is 2.19 bits per heavy atom. The molecule has 122 valence electrons. The summed E-state index contributed by atoms with van der Waals surface area (Å²) < 4.78 is 0. The Balaban J connectivity index is 2.90. The van der Waals surface area contributed by atoms with Gasteiger partial charge in [-0.1, -0.05) is 33.1 Å². The molecule has 5 heteroatoms. The number of nitrogens with zero attached hydrogens (tertiary/aromatic N) is 2. The van der Waals surface area contributed by atoms with Crippen LogP contribution in [-0.4, -0.2) is 52.6 Å². The highest BCUT2D eigenvalue weighted by Gasteiger charge is 2.41. The van der Waals surface area contributed by atoms with E-state index in [0.29, 0.717) is 19.0 Å². The van der Waals surface area contributed by atoms with Gasteiger partial charge in [0.1, 0.15) is 0 Å². The lowest BCUT2D eigenvalue weighted by molar-refractivity contribution is -0.140. The van der Waals surface area contributed by atoms with Crippen LogP contribution in [0.2, 0.25) is 0 Å². The number of carboxylic acids is 1. The number of carboxylic acid groups (broad SMARTS) is 1. The molecule has 21 heavy (non-hydrogen) atoms. The first kappa shape index (κ1) is 17.8. The van der Waals surface area contributed by atoms with E-state index in [-0.39, 0.29) is 12.5 Å². The lowest BCUT2D eigenvalue weighted by Crippen LogP contribution is -2.56. The molecule has 5 nitrogen and oxygen atoms in total. The number of carbonyl (C=O) groups is 2. The van der Waals surface area contributed by atoms with E-state index in [1.54, 1.807) is 11.9 Å². The molecule has 0 bridgehead atoms.